The van der Waals surface area contributed by atoms with Gasteiger partial charge < -0.3 is 15.5 Å². The van der Waals surface area contributed by atoms with Crippen molar-refractivity contribution in [3.63, 3.8) is 0 Å². The molecule has 14 heavy (non-hydrogen) atoms. The zero-order valence-corrected chi connectivity index (χ0v) is 8.11. The van der Waals surface area contributed by atoms with Gasteiger partial charge >= 0.3 is 6.03 Å². The van der Waals surface area contributed by atoms with E-state index in [0.717, 1.165) is 25.9 Å². The normalized spacial score (nSPS) is 22.3. The number of hydrogen-bond donors (Lipinski definition) is 1. The lowest BCUT2D eigenvalue weighted by molar-refractivity contribution is -0.125. The Labute approximate surface area is 82.8 Å². The van der Waals surface area contributed by atoms with E-state index in [1.807, 2.05) is 4.90 Å². The third kappa shape index (κ3) is 1.54. The third-order valence-electron chi connectivity index (χ3n) is 2.93. The van der Waals surface area contributed by atoms with Crippen molar-refractivity contribution in [1.82, 2.24) is 9.80 Å². The number of nitrogens with zero attached hydrogens (tertiary/aromatic N) is 2. The Morgan fingerprint density at radius 3 is 2.14 bits per heavy atom. The van der Waals surface area contributed by atoms with Crippen molar-refractivity contribution < 1.29 is 9.59 Å². The van der Waals surface area contributed by atoms with Gasteiger partial charge in [0.25, 0.3) is 0 Å². The molecule has 0 aliphatic carbocycles. The van der Waals surface area contributed by atoms with Crippen LogP contribution in [0.15, 0.2) is 0 Å². The molecule has 2 fully saturated rings. The van der Waals surface area contributed by atoms with Crippen LogP contribution in [0.3, 0.4) is 0 Å². The smallest absolute Gasteiger partial charge is 0.320 e. The number of nitrogens with two attached hydrogens (primary N) is 1. The van der Waals surface area contributed by atoms with Gasteiger partial charge in [0.1, 0.15) is 0 Å². The van der Waals surface area contributed by atoms with E-state index in [1.54, 1.807) is 4.90 Å². The molecule has 0 bridgehead atoms. The Balaban J connectivity index is 1.81. The molecule has 0 radical (unpaired) electrons. The number of urea groups is 1. The maximum absolute atomic E-state index is 11.7. The quantitative estimate of drug-likeness (QED) is 0.622. The van der Waals surface area contributed by atoms with Crippen LogP contribution < -0.4 is 5.73 Å². The fraction of sp³-hybridized carbons (Fsp3) is 0.778. The zero-order valence-electron chi connectivity index (χ0n) is 8.11. The van der Waals surface area contributed by atoms with Gasteiger partial charge in [-0.1, -0.05) is 0 Å². The van der Waals surface area contributed by atoms with Crippen molar-refractivity contribution in [3.05, 3.63) is 0 Å². The molecular weight excluding hydrogens is 182 g/mol. The van der Waals surface area contributed by atoms with Crippen LogP contribution in [0.4, 0.5) is 4.79 Å². The zero-order chi connectivity index (χ0) is 10.1. The van der Waals surface area contributed by atoms with E-state index in [0.29, 0.717) is 13.1 Å². The monoisotopic (exact) mass is 197 g/mol. The lowest BCUT2D eigenvalue weighted by Gasteiger charge is -2.39. The highest BCUT2D eigenvalue weighted by Crippen LogP contribution is 2.19. The number of carbonyl (C=O) groups excluding carboxylic acids is 2. The van der Waals surface area contributed by atoms with Crippen molar-refractivity contribution in [2.24, 2.45) is 11.7 Å². The van der Waals surface area contributed by atoms with Gasteiger partial charge in [0.2, 0.25) is 5.91 Å². The molecule has 0 atom stereocenters. The maximum Gasteiger partial charge on any atom is 0.320 e. The summed E-state index contributed by atoms with van der Waals surface area (Å²) in [6, 6.07) is 0.0694. The van der Waals surface area contributed by atoms with Crippen molar-refractivity contribution in [2.75, 3.05) is 26.2 Å². The Kier molecular flexibility index (Phi) is 2.31. The molecule has 5 heteroatoms. The molecule has 0 aromatic rings. The number of carbonyl (C=O) groups is 2. The average Bonchev–Trinajstić information content (AvgIpc) is 2.51. The van der Waals surface area contributed by atoms with E-state index in [2.05, 4.69) is 0 Å². The van der Waals surface area contributed by atoms with Crippen LogP contribution in [0.2, 0.25) is 0 Å². The molecule has 2 N–H and O–H groups in total. The molecule has 2 heterocycles. The third-order valence-corrected chi connectivity index (χ3v) is 2.93. The molecule has 0 aromatic heterocycles. The first-order valence-corrected chi connectivity index (χ1v) is 5.01. The molecule has 2 aliphatic heterocycles. The van der Waals surface area contributed by atoms with E-state index >= 15 is 0 Å². The Hall–Kier alpha value is -1.26. The highest BCUT2D eigenvalue weighted by molar-refractivity contribution is 5.82. The molecule has 78 valence electrons. The van der Waals surface area contributed by atoms with Gasteiger partial charge in [-0.25, -0.2) is 4.79 Å². The van der Waals surface area contributed by atoms with Crippen molar-refractivity contribution in [3.8, 4) is 0 Å². The predicted octanol–water partition coefficient (Wildman–Crippen LogP) is -0.381. The van der Waals surface area contributed by atoms with E-state index in [4.69, 9.17) is 5.73 Å². The topological polar surface area (TPSA) is 66.6 Å². The van der Waals surface area contributed by atoms with Crippen LogP contribution in [0.25, 0.3) is 0 Å². The van der Waals surface area contributed by atoms with Crippen LogP contribution in [0, 0.1) is 5.92 Å². The Morgan fingerprint density at radius 2 is 1.64 bits per heavy atom. The summed E-state index contributed by atoms with van der Waals surface area (Å²) in [5.74, 6) is -0.419. The first-order chi connectivity index (χ1) is 6.68. The molecule has 0 spiro atoms. The second-order valence-electron chi connectivity index (χ2n) is 3.98. The first-order valence-electron chi connectivity index (χ1n) is 5.01. The van der Waals surface area contributed by atoms with E-state index in [-0.39, 0.29) is 17.9 Å². The van der Waals surface area contributed by atoms with Crippen molar-refractivity contribution >= 4 is 11.9 Å². The molecule has 0 unspecified atom stereocenters. The van der Waals surface area contributed by atoms with E-state index in [9.17, 15) is 9.59 Å². The van der Waals surface area contributed by atoms with Crippen molar-refractivity contribution in [2.45, 2.75) is 12.8 Å². The van der Waals surface area contributed by atoms with Gasteiger partial charge in [-0.15, -0.1) is 0 Å². The molecule has 2 saturated heterocycles. The van der Waals surface area contributed by atoms with E-state index < -0.39 is 0 Å². The molecule has 0 saturated carbocycles. The average molecular weight is 197 g/mol. The summed E-state index contributed by atoms with van der Waals surface area (Å²) in [5.41, 5.74) is 5.12. The summed E-state index contributed by atoms with van der Waals surface area (Å²) < 4.78 is 0. The SMILES string of the molecule is NC(=O)C1CN(C(=O)N2CCCC2)C1. The summed E-state index contributed by atoms with van der Waals surface area (Å²) in [7, 11) is 0. The van der Waals surface area contributed by atoms with Gasteiger partial charge in [-0.3, -0.25) is 4.79 Å². The molecule has 2 aliphatic rings. The summed E-state index contributed by atoms with van der Waals surface area (Å²) in [6.45, 7) is 2.72. The Morgan fingerprint density at radius 1 is 1.07 bits per heavy atom. The van der Waals surface area contributed by atoms with E-state index in [1.165, 1.54) is 0 Å². The number of primary amides is 1. The summed E-state index contributed by atoms with van der Waals surface area (Å²) in [6.07, 6.45) is 2.19. The second kappa shape index (κ2) is 3.48. The van der Waals surface area contributed by atoms with Crippen LogP contribution in [-0.2, 0) is 4.79 Å². The van der Waals surface area contributed by atoms with Crippen molar-refractivity contribution in [1.29, 1.82) is 0 Å². The fourth-order valence-electron chi connectivity index (χ4n) is 1.92. The lowest BCUT2D eigenvalue weighted by Crippen LogP contribution is -2.57. The maximum atomic E-state index is 11.7. The first kappa shape index (κ1) is 9.30. The lowest BCUT2D eigenvalue weighted by atomic mass is 10.0. The molecule has 3 amide bonds. The minimum atomic E-state index is -0.296. The van der Waals surface area contributed by atoms with Gasteiger partial charge in [0, 0.05) is 26.2 Å². The summed E-state index contributed by atoms with van der Waals surface area (Å²) in [5, 5.41) is 0. The van der Waals surface area contributed by atoms with Gasteiger partial charge in [0.15, 0.2) is 0 Å². The van der Waals surface area contributed by atoms with Crippen LogP contribution in [0.5, 0.6) is 0 Å². The standard InChI is InChI=1S/C9H15N3O2/c10-8(13)7-5-12(6-7)9(14)11-3-1-2-4-11/h7H,1-6H2,(H2,10,13). The van der Waals surface area contributed by atoms with Crippen LogP contribution in [-0.4, -0.2) is 47.9 Å². The number of likely N-dealkylation sites (tertiary alicyclic amines) is 2. The molecule has 2 rings (SSSR count). The fourth-order valence-corrected chi connectivity index (χ4v) is 1.92. The summed E-state index contributed by atoms with van der Waals surface area (Å²) >= 11 is 0. The minimum Gasteiger partial charge on any atom is -0.369 e. The van der Waals surface area contributed by atoms with Gasteiger partial charge in [-0.2, -0.15) is 0 Å². The number of amides is 3. The Bertz CT molecular complexity index is 255. The molecule has 0 aromatic carbocycles. The number of hydrogen-bond acceptors (Lipinski definition) is 2. The summed E-state index contributed by atoms with van der Waals surface area (Å²) in [4.78, 5) is 26.0. The highest BCUT2D eigenvalue weighted by Gasteiger charge is 2.36. The highest BCUT2D eigenvalue weighted by atomic mass is 16.2. The largest absolute Gasteiger partial charge is 0.369 e. The van der Waals surface area contributed by atoms with Crippen LogP contribution >= 0.6 is 0 Å². The van der Waals surface area contributed by atoms with Crippen LogP contribution in [0.1, 0.15) is 12.8 Å². The minimum absolute atomic E-state index is 0.0694. The van der Waals surface area contributed by atoms with Gasteiger partial charge in [0.05, 0.1) is 5.92 Å². The molecule has 5 nitrogen and oxygen atoms in total. The molecular formula is C9H15N3O2. The number of rotatable bonds is 1. The predicted molar refractivity (Wildman–Crippen MR) is 50.5 cm³/mol. The second-order valence-corrected chi connectivity index (χ2v) is 3.98. The van der Waals surface area contributed by atoms with Gasteiger partial charge in [-0.05, 0) is 12.8 Å².